The van der Waals surface area contributed by atoms with Gasteiger partial charge in [0.1, 0.15) is 5.76 Å². The van der Waals surface area contributed by atoms with Crippen molar-refractivity contribution in [3.8, 4) is 0 Å². The molecule has 1 aromatic heterocycles. The molecule has 0 spiro atoms. The molecule has 0 bridgehead atoms. The molecule has 0 saturated carbocycles. The first-order valence-corrected chi connectivity index (χ1v) is 9.97. The molecule has 2 amide bonds. The van der Waals surface area contributed by atoms with E-state index in [1.807, 2.05) is 11.8 Å². The van der Waals surface area contributed by atoms with Crippen LogP contribution in [0.4, 0.5) is 0 Å². The van der Waals surface area contributed by atoms with Gasteiger partial charge in [0.05, 0.1) is 11.8 Å². The zero-order valence-electron chi connectivity index (χ0n) is 15.6. The molecular formula is C20H29N3O3. The second kappa shape index (κ2) is 7.43. The molecule has 3 fully saturated rings. The number of hydrogen-bond donors (Lipinski definition) is 1. The van der Waals surface area contributed by atoms with Crippen LogP contribution in [0.25, 0.3) is 0 Å². The van der Waals surface area contributed by atoms with Gasteiger partial charge in [-0.3, -0.25) is 9.59 Å². The lowest BCUT2D eigenvalue weighted by atomic mass is 9.82. The van der Waals surface area contributed by atoms with Crippen molar-refractivity contribution in [2.45, 2.75) is 45.1 Å². The zero-order chi connectivity index (χ0) is 18.1. The molecule has 6 nitrogen and oxygen atoms in total. The summed E-state index contributed by atoms with van der Waals surface area (Å²) in [5.41, 5.74) is 0.668. The lowest BCUT2D eigenvalue weighted by molar-refractivity contribution is -0.141. The van der Waals surface area contributed by atoms with Crippen molar-refractivity contribution in [2.75, 3.05) is 32.7 Å². The van der Waals surface area contributed by atoms with Gasteiger partial charge in [0.15, 0.2) is 0 Å². The van der Waals surface area contributed by atoms with Gasteiger partial charge < -0.3 is 19.5 Å². The first-order chi connectivity index (χ1) is 12.6. The fraction of sp³-hybridized carbons (Fsp3) is 0.700. The Hall–Kier alpha value is -1.82. The molecular weight excluding hydrogens is 330 g/mol. The molecule has 0 radical (unpaired) electrons. The maximum atomic E-state index is 12.8. The van der Waals surface area contributed by atoms with Gasteiger partial charge in [-0.15, -0.1) is 0 Å². The maximum Gasteiger partial charge on any atom is 0.257 e. The summed E-state index contributed by atoms with van der Waals surface area (Å²) in [7, 11) is 0. The van der Waals surface area contributed by atoms with Crippen LogP contribution in [0.5, 0.6) is 0 Å². The molecule has 26 heavy (non-hydrogen) atoms. The first-order valence-electron chi connectivity index (χ1n) is 9.97. The van der Waals surface area contributed by atoms with Gasteiger partial charge in [0.25, 0.3) is 5.91 Å². The number of rotatable bonds is 3. The molecule has 3 aliphatic rings. The summed E-state index contributed by atoms with van der Waals surface area (Å²) >= 11 is 0. The number of fused-ring (bicyclic) bond motifs is 1. The van der Waals surface area contributed by atoms with Crippen LogP contribution in [0.1, 0.15) is 48.2 Å². The number of likely N-dealkylation sites (tertiary alicyclic amines) is 2. The Balaban J connectivity index is 1.42. The van der Waals surface area contributed by atoms with E-state index in [4.69, 9.17) is 4.42 Å². The van der Waals surface area contributed by atoms with Crippen molar-refractivity contribution in [1.82, 2.24) is 15.1 Å². The average molecular weight is 359 g/mol. The van der Waals surface area contributed by atoms with Crippen LogP contribution in [-0.2, 0) is 4.79 Å². The van der Waals surface area contributed by atoms with Gasteiger partial charge in [0, 0.05) is 32.1 Å². The highest BCUT2D eigenvalue weighted by Crippen LogP contribution is 2.33. The largest absolute Gasteiger partial charge is 0.469 e. The molecule has 2 atom stereocenters. The molecule has 6 heteroatoms. The van der Waals surface area contributed by atoms with Gasteiger partial charge in [-0.2, -0.15) is 0 Å². The number of hydrogen-bond acceptors (Lipinski definition) is 4. The molecule has 4 rings (SSSR count). The summed E-state index contributed by atoms with van der Waals surface area (Å²) in [5, 5.41) is 3.40. The molecule has 4 heterocycles. The van der Waals surface area contributed by atoms with Crippen LogP contribution in [0.2, 0.25) is 0 Å². The van der Waals surface area contributed by atoms with Crippen LogP contribution in [0.3, 0.4) is 0 Å². The fourth-order valence-electron chi connectivity index (χ4n) is 4.89. The van der Waals surface area contributed by atoms with Crippen molar-refractivity contribution in [3.05, 3.63) is 23.7 Å². The molecule has 3 saturated heterocycles. The standard InChI is InChI=1S/C20H29N3O3/c1-14-17(7-11-26-14)20(25)22-10-6-18-16(13-22)2-3-19(24)23(18)12-15-4-8-21-9-5-15/h7,11,15-16,18,21H,2-6,8-10,12-13H2,1H3. The second-order valence-corrected chi connectivity index (χ2v) is 8.04. The average Bonchev–Trinajstić information content (AvgIpc) is 3.10. The Bertz CT molecular complexity index is 665. The smallest absolute Gasteiger partial charge is 0.257 e. The van der Waals surface area contributed by atoms with Gasteiger partial charge in [-0.05, 0) is 63.6 Å². The number of nitrogens with zero attached hydrogens (tertiary/aromatic N) is 2. The van der Waals surface area contributed by atoms with Crippen molar-refractivity contribution in [2.24, 2.45) is 11.8 Å². The topological polar surface area (TPSA) is 65.8 Å². The zero-order valence-corrected chi connectivity index (χ0v) is 15.6. The van der Waals surface area contributed by atoms with E-state index in [9.17, 15) is 9.59 Å². The minimum absolute atomic E-state index is 0.0662. The molecule has 2 unspecified atom stereocenters. The Morgan fingerprint density at radius 3 is 2.81 bits per heavy atom. The highest BCUT2D eigenvalue weighted by atomic mass is 16.3. The SMILES string of the molecule is Cc1occc1C(=O)N1CCC2C(CCC(=O)N2CC2CCNCC2)C1. The van der Waals surface area contributed by atoms with E-state index in [0.717, 1.165) is 58.4 Å². The lowest BCUT2D eigenvalue weighted by Gasteiger charge is -2.48. The first kappa shape index (κ1) is 17.6. The van der Waals surface area contributed by atoms with Gasteiger partial charge >= 0.3 is 0 Å². The summed E-state index contributed by atoms with van der Waals surface area (Å²) in [6.07, 6.45) is 6.32. The third-order valence-electron chi connectivity index (χ3n) is 6.43. The van der Waals surface area contributed by atoms with E-state index >= 15 is 0 Å². The van der Waals surface area contributed by atoms with E-state index in [-0.39, 0.29) is 5.91 Å². The number of amides is 2. The van der Waals surface area contributed by atoms with E-state index in [1.165, 1.54) is 0 Å². The van der Waals surface area contributed by atoms with E-state index < -0.39 is 0 Å². The number of furan rings is 1. The van der Waals surface area contributed by atoms with Crippen LogP contribution in [0, 0.1) is 18.8 Å². The van der Waals surface area contributed by atoms with Crippen LogP contribution < -0.4 is 5.32 Å². The monoisotopic (exact) mass is 359 g/mol. The summed E-state index contributed by atoms with van der Waals surface area (Å²) < 4.78 is 5.29. The summed E-state index contributed by atoms with van der Waals surface area (Å²) in [4.78, 5) is 29.5. The second-order valence-electron chi connectivity index (χ2n) is 8.04. The lowest BCUT2D eigenvalue weighted by Crippen LogP contribution is -2.58. The Kier molecular flexibility index (Phi) is 5.02. The van der Waals surface area contributed by atoms with E-state index in [0.29, 0.717) is 41.5 Å². The van der Waals surface area contributed by atoms with Crippen molar-refractivity contribution >= 4 is 11.8 Å². The predicted molar refractivity (Wildman–Crippen MR) is 97.8 cm³/mol. The van der Waals surface area contributed by atoms with Gasteiger partial charge in [0.2, 0.25) is 5.91 Å². The van der Waals surface area contributed by atoms with E-state index in [1.54, 1.807) is 12.3 Å². The minimum atomic E-state index is 0.0662. The summed E-state index contributed by atoms with van der Waals surface area (Å²) in [6, 6.07) is 2.07. The van der Waals surface area contributed by atoms with Crippen molar-refractivity contribution in [1.29, 1.82) is 0 Å². The predicted octanol–water partition coefficient (Wildman–Crippen LogP) is 2.04. The van der Waals surface area contributed by atoms with Gasteiger partial charge in [-0.1, -0.05) is 0 Å². The maximum absolute atomic E-state index is 12.8. The van der Waals surface area contributed by atoms with Crippen molar-refractivity contribution < 1.29 is 14.0 Å². The third-order valence-corrected chi connectivity index (χ3v) is 6.43. The van der Waals surface area contributed by atoms with Crippen LogP contribution >= 0.6 is 0 Å². The molecule has 142 valence electrons. The molecule has 0 aliphatic carbocycles. The molecule has 0 aromatic carbocycles. The third kappa shape index (κ3) is 3.39. The number of piperidine rings is 3. The molecule has 3 aliphatic heterocycles. The Morgan fingerprint density at radius 1 is 1.27 bits per heavy atom. The highest BCUT2D eigenvalue weighted by Gasteiger charge is 2.41. The quantitative estimate of drug-likeness (QED) is 0.897. The molecule has 1 aromatic rings. The van der Waals surface area contributed by atoms with Crippen LogP contribution in [-0.4, -0.2) is 60.4 Å². The van der Waals surface area contributed by atoms with E-state index in [2.05, 4.69) is 10.2 Å². The Morgan fingerprint density at radius 2 is 2.08 bits per heavy atom. The number of carbonyl (C=O) groups is 2. The number of nitrogens with one attached hydrogen (secondary N) is 1. The summed E-state index contributed by atoms with van der Waals surface area (Å²) in [6.45, 7) is 6.33. The summed E-state index contributed by atoms with van der Waals surface area (Å²) in [5.74, 6) is 2.08. The molecule has 1 N–H and O–H groups in total. The Labute approximate surface area is 154 Å². The van der Waals surface area contributed by atoms with Crippen LogP contribution in [0.15, 0.2) is 16.7 Å². The normalized spacial score (nSPS) is 27.5. The highest BCUT2D eigenvalue weighted by molar-refractivity contribution is 5.95. The number of aryl methyl sites for hydroxylation is 1. The minimum Gasteiger partial charge on any atom is -0.469 e. The number of carbonyl (C=O) groups excluding carboxylic acids is 2. The van der Waals surface area contributed by atoms with Crippen molar-refractivity contribution in [3.63, 3.8) is 0 Å². The fourth-order valence-corrected chi connectivity index (χ4v) is 4.89. The van der Waals surface area contributed by atoms with Gasteiger partial charge in [-0.25, -0.2) is 0 Å².